The Bertz CT molecular complexity index is 152. The highest BCUT2D eigenvalue weighted by Gasteiger charge is 2.22. The molecule has 0 saturated carbocycles. The molecule has 1 aliphatic rings. The van der Waals surface area contributed by atoms with Crippen molar-refractivity contribution in [2.75, 3.05) is 19.8 Å². The minimum absolute atomic E-state index is 0.224. The van der Waals surface area contributed by atoms with Gasteiger partial charge < -0.3 is 10.0 Å². The first-order chi connectivity index (χ1) is 6.74. The van der Waals surface area contributed by atoms with Crippen LogP contribution < -0.4 is 0 Å². The van der Waals surface area contributed by atoms with Gasteiger partial charge in [0.1, 0.15) is 0 Å². The first-order valence-electron chi connectivity index (χ1n) is 5.72. The molecule has 1 fully saturated rings. The van der Waals surface area contributed by atoms with E-state index in [0.717, 1.165) is 25.9 Å². The van der Waals surface area contributed by atoms with E-state index in [9.17, 15) is 9.50 Å². The van der Waals surface area contributed by atoms with Crippen molar-refractivity contribution < 1.29 is 9.50 Å². The normalized spacial score (nSPS) is 26.4. The van der Waals surface area contributed by atoms with Gasteiger partial charge in [0.05, 0.1) is 12.8 Å². The average molecular weight is 203 g/mol. The SMILES string of the molecule is CC(O)CC1CCCCN1CCCF. The van der Waals surface area contributed by atoms with Gasteiger partial charge in [-0.25, -0.2) is 0 Å². The summed E-state index contributed by atoms with van der Waals surface area (Å²) >= 11 is 0. The number of nitrogens with zero attached hydrogens (tertiary/aromatic N) is 1. The van der Waals surface area contributed by atoms with Gasteiger partial charge in [-0.05, 0) is 39.2 Å². The molecule has 84 valence electrons. The van der Waals surface area contributed by atoms with Gasteiger partial charge in [0.15, 0.2) is 0 Å². The number of piperidine rings is 1. The first-order valence-corrected chi connectivity index (χ1v) is 5.72. The minimum atomic E-state index is -0.231. The summed E-state index contributed by atoms with van der Waals surface area (Å²) in [6.45, 7) is 3.55. The van der Waals surface area contributed by atoms with Crippen molar-refractivity contribution in [1.29, 1.82) is 0 Å². The van der Waals surface area contributed by atoms with E-state index in [-0.39, 0.29) is 12.8 Å². The summed E-state index contributed by atoms with van der Waals surface area (Å²) in [5, 5.41) is 9.35. The molecule has 0 bridgehead atoms. The number of rotatable bonds is 5. The Kier molecular flexibility index (Phi) is 5.41. The largest absolute Gasteiger partial charge is 0.393 e. The maximum Gasteiger partial charge on any atom is 0.0906 e. The van der Waals surface area contributed by atoms with E-state index in [4.69, 9.17) is 0 Å². The fourth-order valence-electron chi connectivity index (χ4n) is 2.28. The van der Waals surface area contributed by atoms with Crippen LogP contribution in [-0.4, -0.2) is 41.9 Å². The van der Waals surface area contributed by atoms with E-state index >= 15 is 0 Å². The van der Waals surface area contributed by atoms with Crippen LogP contribution in [0.15, 0.2) is 0 Å². The van der Waals surface area contributed by atoms with Crippen LogP contribution in [-0.2, 0) is 0 Å². The maximum atomic E-state index is 12.1. The second-order valence-electron chi connectivity index (χ2n) is 4.31. The summed E-state index contributed by atoms with van der Waals surface area (Å²) < 4.78 is 12.1. The Morgan fingerprint density at radius 2 is 2.29 bits per heavy atom. The number of hydrogen-bond acceptors (Lipinski definition) is 2. The third-order valence-corrected chi connectivity index (χ3v) is 2.94. The third kappa shape index (κ3) is 3.93. The predicted molar refractivity (Wildman–Crippen MR) is 56.1 cm³/mol. The molecule has 3 heteroatoms. The van der Waals surface area contributed by atoms with Crippen LogP contribution in [0.5, 0.6) is 0 Å². The zero-order chi connectivity index (χ0) is 10.4. The lowest BCUT2D eigenvalue weighted by Gasteiger charge is -2.36. The van der Waals surface area contributed by atoms with Crippen molar-refractivity contribution in [3.05, 3.63) is 0 Å². The molecule has 1 N–H and O–H groups in total. The van der Waals surface area contributed by atoms with E-state index in [1.807, 2.05) is 6.92 Å². The van der Waals surface area contributed by atoms with Crippen LogP contribution in [0, 0.1) is 0 Å². The zero-order valence-electron chi connectivity index (χ0n) is 9.08. The Morgan fingerprint density at radius 3 is 2.93 bits per heavy atom. The summed E-state index contributed by atoms with van der Waals surface area (Å²) in [5.41, 5.74) is 0. The van der Waals surface area contributed by atoms with Gasteiger partial charge in [-0.3, -0.25) is 4.39 Å². The second kappa shape index (κ2) is 6.36. The third-order valence-electron chi connectivity index (χ3n) is 2.94. The van der Waals surface area contributed by atoms with E-state index < -0.39 is 0 Å². The highest BCUT2D eigenvalue weighted by Crippen LogP contribution is 2.20. The van der Waals surface area contributed by atoms with Crippen molar-refractivity contribution in [3.63, 3.8) is 0 Å². The summed E-state index contributed by atoms with van der Waals surface area (Å²) in [6.07, 6.45) is 4.89. The van der Waals surface area contributed by atoms with Crippen molar-refractivity contribution in [2.45, 2.75) is 51.2 Å². The van der Waals surface area contributed by atoms with Crippen LogP contribution in [0.3, 0.4) is 0 Å². The number of hydrogen-bond donors (Lipinski definition) is 1. The van der Waals surface area contributed by atoms with Gasteiger partial charge in [0.2, 0.25) is 0 Å². The van der Waals surface area contributed by atoms with E-state index in [0.29, 0.717) is 12.5 Å². The molecule has 1 heterocycles. The van der Waals surface area contributed by atoms with Crippen molar-refractivity contribution in [3.8, 4) is 0 Å². The Labute approximate surface area is 86.1 Å². The Balaban J connectivity index is 2.33. The molecule has 0 aromatic heterocycles. The van der Waals surface area contributed by atoms with Crippen molar-refractivity contribution >= 4 is 0 Å². The molecule has 0 amide bonds. The van der Waals surface area contributed by atoms with Crippen LogP contribution in [0.25, 0.3) is 0 Å². The number of halogens is 1. The molecule has 0 radical (unpaired) electrons. The summed E-state index contributed by atoms with van der Waals surface area (Å²) in [4.78, 5) is 2.34. The summed E-state index contributed by atoms with van der Waals surface area (Å²) in [6, 6.07) is 0.482. The molecule has 2 nitrogen and oxygen atoms in total. The van der Waals surface area contributed by atoms with Gasteiger partial charge >= 0.3 is 0 Å². The predicted octanol–water partition coefficient (Wildman–Crippen LogP) is 1.97. The van der Waals surface area contributed by atoms with Crippen LogP contribution in [0.2, 0.25) is 0 Å². The highest BCUT2D eigenvalue weighted by atomic mass is 19.1. The maximum absolute atomic E-state index is 12.1. The summed E-state index contributed by atoms with van der Waals surface area (Å²) in [5.74, 6) is 0. The lowest BCUT2D eigenvalue weighted by atomic mass is 9.97. The Hall–Kier alpha value is -0.150. The second-order valence-corrected chi connectivity index (χ2v) is 4.31. The number of aliphatic hydroxyl groups is 1. The molecule has 0 aromatic rings. The molecule has 0 spiro atoms. The van der Waals surface area contributed by atoms with Crippen LogP contribution in [0.4, 0.5) is 4.39 Å². The van der Waals surface area contributed by atoms with E-state index in [1.165, 1.54) is 12.8 Å². The standard InChI is InChI=1S/C11H22FNO/c1-10(14)9-11-5-2-3-7-13(11)8-4-6-12/h10-11,14H,2-9H2,1H3. The molecule has 0 aromatic carbocycles. The molecule has 2 atom stereocenters. The van der Waals surface area contributed by atoms with Gasteiger partial charge in [-0.15, -0.1) is 0 Å². The molecule has 0 aliphatic carbocycles. The fourth-order valence-corrected chi connectivity index (χ4v) is 2.28. The van der Waals surface area contributed by atoms with Crippen LogP contribution in [0.1, 0.15) is 39.0 Å². The topological polar surface area (TPSA) is 23.5 Å². The van der Waals surface area contributed by atoms with Crippen molar-refractivity contribution in [2.24, 2.45) is 0 Å². The van der Waals surface area contributed by atoms with Gasteiger partial charge in [0.25, 0.3) is 0 Å². The molecular formula is C11H22FNO. The zero-order valence-corrected chi connectivity index (χ0v) is 9.08. The van der Waals surface area contributed by atoms with Gasteiger partial charge in [-0.1, -0.05) is 6.42 Å². The molecule has 1 rings (SSSR count). The van der Waals surface area contributed by atoms with Crippen molar-refractivity contribution in [1.82, 2.24) is 4.90 Å². The van der Waals surface area contributed by atoms with Gasteiger partial charge in [-0.2, -0.15) is 0 Å². The lowest BCUT2D eigenvalue weighted by Crippen LogP contribution is -2.41. The average Bonchev–Trinajstić information content (AvgIpc) is 2.16. The monoisotopic (exact) mass is 203 g/mol. The highest BCUT2D eigenvalue weighted by molar-refractivity contribution is 4.78. The number of alkyl halides is 1. The molecule has 2 unspecified atom stereocenters. The number of likely N-dealkylation sites (tertiary alicyclic amines) is 1. The van der Waals surface area contributed by atoms with E-state index in [2.05, 4.69) is 4.90 Å². The molecule has 1 aliphatic heterocycles. The minimum Gasteiger partial charge on any atom is -0.393 e. The summed E-state index contributed by atoms with van der Waals surface area (Å²) in [7, 11) is 0. The van der Waals surface area contributed by atoms with E-state index in [1.54, 1.807) is 0 Å². The Morgan fingerprint density at radius 1 is 1.50 bits per heavy atom. The lowest BCUT2D eigenvalue weighted by molar-refractivity contribution is 0.0847. The van der Waals surface area contributed by atoms with Crippen LogP contribution >= 0.6 is 0 Å². The molecule has 14 heavy (non-hydrogen) atoms. The molecular weight excluding hydrogens is 181 g/mol. The first kappa shape index (κ1) is 11.9. The quantitative estimate of drug-likeness (QED) is 0.738. The van der Waals surface area contributed by atoms with Gasteiger partial charge in [0, 0.05) is 12.6 Å². The molecule has 1 saturated heterocycles. The fraction of sp³-hybridized carbons (Fsp3) is 1.00. The number of aliphatic hydroxyl groups excluding tert-OH is 1. The smallest absolute Gasteiger partial charge is 0.0906 e.